The third-order valence-electron chi connectivity index (χ3n) is 1.80. The lowest BCUT2D eigenvalue weighted by Gasteiger charge is -2.09. The summed E-state index contributed by atoms with van der Waals surface area (Å²) in [6, 6.07) is 4.79. The monoisotopic (exact) mass is 294 g/mol. The Morgan fingerprint density at radius 3 is 2.87 bits per heavy atom. The topological polar surface area (TPSA) is 26.3 Å². The Morgan fingerprint density at radius 1 is 1.67 bits per heavy atom. The molecule has 1 atom stereocenters. The van der Waals surface area contributed by atoms with Crippen LogP contribution in [0.15, 0.2) is 22.7 Å². The largest absolute Gasteiger partial charge is 0.462 e. The van der Waals surface area contributed by atoms with E-state index in [1.165, 1.54) is 0 Å². The van der Waals surface area contributed by atoms with Crippen LogP contribution >= 0.6 is 27.5 Å². The van der Waals surface area contributed by atoms with Gasteiger partial charge in [-0.2, -0.15) is 0 Å². The molecule has 2 nitrogen and oxygen atoms in total. The number of hydrogen-bond acceptors (Lipinski definition) is 2. The minimum Gasteiger partial charge on any atom is -0.462 e. The number of rotatable bonds is 4. The average Bonchev–Trinajstić information content (AvgIpc) is 2.20. The molecule has 0 aliphatic rings. The molecular weight excluding hydrogens is 286 g/mol. The van der Waals surface area contributed by atoms with Crippen LogP contribution < -0.4 is 4.74 Å². The molecule has 0 aliphatic heterocycles. The van der Waals surface area contributed by atoms with E-state index < -0.39 is 12.2 Å². The molecular formula is C10H9BrClFO2. The number of hydrogen-bond donors (Lipinski definition) is 0. The van der Waals surface area contributed by atoms with Crippen molar-refractivity contribution < 1.29 is 13.9 Å². The van der Waals surface area contributed by atoms with E-state index in [0.29, 0.717) is 15.8 Å². The Bertz CT molecular complexity index is 368. The first-order valence-corrected chi connectivity index (χ1v) is 5.46. The number of Topliss-reactive ketones (excluding diaryl/α,β-unsaturated/α-hetero) is 1. The van der Waals surface area contributed by atoms with Crippen molar-refractivity contribution >= 4 is 33.3 Å². The van der Waals surface area contributed by atoms with Gasteiger partial charge < -0.3 is 4.74 Å². The SMILES string of the molecule is CC(Cl)C(=O)c1cccc(OCF)c1Br. The van der Waals surface area contributed by atoms with Crippen LogP contribution in [0.1, 0.15) is 17.3 Å². The van der Waals surface area contributed by atoms with Crippen LogP contribution in [-0.4, -0.2) is 18.0 Å². The predicted octanol–water partition coefficient (Wildman–Crippen LogP) is 3.56. The van der Waals surface area contributed by atoms with Crippen molar-refractivity contribution in [3.05, 3.63) is 28.2 Å². The molecule has 0 N–H and O–H groups in total. The number of halogens is 3. The highest BCUT2D eigenvalue weighted by molar-refractivity contribution is 9.10. The second-order valence-electron chi connectivity index (χ2n) is 2.85. The summed E-state index contributed by atoms with van der Waals surface area (Å²) in [5.74, 6) is 0.0634. The summed E-state index contributed by atoms with van der Waals surface area (Å²) in [5.41, 5.74) is 0.392. The van der Waals surface area contributed by atoms with Crippen LogP contribution in [0.5, 0.6) is 5.75 Å². The van der Waals surface area contributed by atoms with Gasteiger partial charge in [-0.15, -0.1) is 11.6 Å². The quantitative estimate of drug-likeness (QED) is 0.627. The third-order valence-corrected chi connectivity index (χ3v) is 2.82. The Morgan fingerprint density at radius 2 is 2.33 bits per heavy atom. The van der Waals surface area contributed by atoms with Crippen LogP contribution in [0, 0.1) is 0 Å². The fourth-order valence-electron chi connectivity index (χ4n) is 1.09. The van der Waals surface area contributed by atoms with Gasteiger partial charge in [0.25, 0.3) is 0 Å². The van der Waals surface area contributed by atoms with Gasteiger partial charge in [0, 0.05) is 5.56 Å². The second-order valence-corrected chi connectivity index (χ2v) is 4.30. The van der Waals surface area contributed by atoms with E-state index in [0.717, 1.165) is 0 Å². The molecule has 0 spiro atoms. The van der Waals surface area contributed by atoms with Crippen molar-refractivity contribution in [3.8, 4) is 5.75 Å². The lowest BCUT2D eigenvalue weighted by molar-refractivity contribution is 0.0990. The van der Waals surface area contributed by atoms with Crippen molar-refractivity contribution in [1.29, 1.82) is 0 Å². The van der Waals surface area contributed by atoms with Gasteiger partial charge in [0.1, 0.15) is 5.75 Å². The minimum absolute atomic E-state index is 0.229. The van der Waals surface area contributed by atoms with Gasteiger partial charge in [-0.1, -0.05) is 6.07 Å². The van der Waals surface area contributed by atoms with E-state index in [2.05, 4.69) is 15.9 Å². The van der Waals surface area contributed by atoms with Gasteiger partial charge in [0.15, 0.2) is 5.78 Å². The lowest BCUT2D eigenvalue weighted by atomic mass is 10.1. The molecule has 0 aromatic heterocycles. The molecule has 0 saturated carbocycles. The van der Waals surface area contributed by atoms with E-state index in [9.17, 15) is 9.18 Å². The molecule has 5 heteroatoms. The van der Waals surface area contributed by atoms with E-state index in [1.807, 2.05) is 0 Å². The maximum Gasteiger partial charge on any atom is 0.228 e. The summed E-state index contributed by atoms with van der Waals surface area (Å²) in [7, 11) is 0. The van der Waals surface area contributed by atoms with Crippen LogP contribution in [0.2, 0.25) is 0 Å². The van der Waals surface area contributed by atoms with Gasteiger partial charge >= 0.3 is 0 Å². The fourth-order valence-corrected chi connectivity index (χ4v) is 1.78. The summed E-state index contributed by atoms with van der Waals surface area (Å²) in [5, 5.41) is -0.623. The second kappa shape index (κ2) is 5.47. The number of ketones is 1. The molecule has 1 unspecified atom stereocenters. The molecule has 82 valence electrons. The van der Waals surface area contributed by atoms with E-state index >= 15 is 0 Å². The first-order chi connectivity index (χ1) is 7.07. The van der Waals surface area contributed by atoms with Crippen molar-refractivity contribution in [3.63, 3.8) is 0 Å². The van der Waals surface area contributed by atoms with E-state index in [-0.39, 0.29) is 5.78 Å². The normalized spacial score (nSPS) is 12.3. The maximum atomic E-state index is 12.0. The molecule has 0 bridgehead atoms. The smallest absolute Gasteiger partial charge is 0.228 e. The molecule has 1 rings (SSSR count). The highest BCUT2D eigenvalue weighted by Crippen LogP contribution is 2.30. The molecule has 0 fully saturated rings. The number of benzene rings is 1. The zero-order valence-corrected chi connectivity index (χ0v) is 10.3. The van der Waals surface area contributed by atoms with E-state index in [4.69, 9.17) is 16.3 Å². The summed E-state index contributed by atoms with van der Waals surface area (Å²) in [6.07, 6.45) is 0. The predicted molar refractivity (Wildman–Crippen MR) is 60.4 cm³/mol. The first-order valence-electron chi connectivity index (χ1n) is 4.23. The van der Waals surface area contributed by atoms with Crippen LogP contribution in [0.25, 0.3) is 0 Å². The van der Waals surface area contributed by atoms with Gasteiger partial charge in [-0.3, -0.25) is 4.79 Å². The van der Waals surface area contributed by atoms with Crippen molar-refractivity contribution in [2.24, 2.45) is 0 Å². The van der Waals surface area contributed by atoms with Crippen molar-refractivity contribution in [2.45, 2.75) is 12.3 Å². The Hall–Kier alpha value is -0.610. The van der Waals surface area contributed by atoms with Gasteiger partial charge in [-0.25, -0.2) is 4.39 Å². The maximum absolute atomic E-state index is 12.0. The highest BCUT2D eigenvalue weighted by Gasteiger charge is 2.17. The molecule has 1 aromatic rings. The summed E-state index contributed by atoms with van der Waals surface area (Å²) in [4.78, 5) is 11.6. The summed E-state index contributed by atoms with van der Waals surface area (Å²) >= 11 is 8.86. The molecule has 1 aromatic carbocycles. The third kappa shape index (κ3) is 2.92. The van der Waals surface area contributed by atoms with Crippen molar-refractivity contribution in [2.75, 3.05) is 6.86 Å². The first kappa shape index (κ1) is 12.5. The zero-order valence-electron chi connectivity index (χ0n) is 7.97. The Labute approximate surface area is 101 Å². The summed E-state index contributed by atoms with van der Waals surface area (Å²) < 4.78 is 17.1. The van der Waals surface area contributed by atoms with Crippen LogP contribution in [0.3, 0.4) is 0 Å². The molecule has 0 heterocycles. The minimum atomic E-state index is -0.938. The van der Waals surface area contributed by atoms with Gasteiger partial charge in [-0.05, 0) is 35.0 Å². The van der Waals surface area contributed by atoms with Crippen LogP contribution in [-0.2, 0) is 0 Å². The molecule has 15 heavy (non-hydrogen) atoms. The molecule has 0 aliphatic carbocycles. The zero-order chi connectivity index (χ0) is 11.4. The number of ether oxygens (including phenoxy) is 1. The highest BCUT2D eigenvalue weighted by atomic mass is 79.9. The van der Waals surface area contributed by atoms with Gasteiger partial charge in [0.2, 0.25) is 6.86 Å². The molecule has 0 radical (unpaired) electrons. The summed E-state index contributed by atoms with van der Waals surface area (Å²) in [6.45, 7) is 0.645. The number of carbonyl (C=O) groups is 1. The standard InChI is InChI=1S/C10H9BrClFO2/c1-6(12)10(14)7-3-2-4-8(9(7)11)15-5-13/h2-4,6H,5H2,1H3. The van der Waals surface area contributed by atoms with Crippen LogP contribution in [0.4, 0.5) is 4.39 Å². The number of carbonyl (C=O) groups excluding carboxylic acids is 1. The van der Waals surface area contributed by atoms with Crippen molar-refractivity contribution in [1.82, 2.24) is 0 Å². The Kier molecular flexibility index (Phi) is 4.54. The fraction of sp³-hybridized carbons (Fsp3) is 0.300. The molecule has 0 saturated heterocycles. The van der Waals surface area contributed by atoms with Gasteiger partial charge in [0.05, 0.1) is 9.85 Å². The lowest BCUT2D eigenvalue weighted by Crippen LogP contribution is -2.11. The average molecular weight is 296 g/mol. The van der Waals surface area contributed by atoms with E-state index in [1.54, 1.807) is 25.1 Å². The molecule has 0 amide bonds. The number of alkyl halides is 2. The Balaban J connectivity index is 3.09.